The highest BCUT2D eigenvalue weighted by molar-refractivity contribution is 7.80. The van der Waals surface area contributed by atoms with Crippen LogP contribution < -0.4 is 0 Å². The van der Waals surface area contributed by atoms with E-state index >= 15 is 0 Å². The third-order valence-corrected chi connectivity index (χ3v) is 1.35. The SMILES string of the molecule is N#CB[C@H](CS)C(=O)O. The minimum Gasteiger partial charge on any atom is -0.481 e. The summed E-state index contributed by atoms with van der Waals surface area (Å²) >= 11 is 3.76. The Bertz CT molecular complexity index is 144. The van der Waals surface area contributed by atoms with E-state index in [2.05, 4.69) is 12.6 Å². The van der Waals surface area contributed by atoms with E-state index in [1.807, 2.05) is 0 Å². The van der Waals surface area contributed by atoms with Gasteiger partial charge in [0.15, 0.2) is 0 Å². The summed E-state index contributed by atoms with van der Waals surface area (Å²) in [5.41, 5.74) is 0. The van der Waals surface area contributed by atoms with Gasteiger partial charge in [0.2, 0.25) is 0 Å². The van der Waals surface area contributed by atoms with Crippen LogP contribution in [-0.4, -0.2) is 24.1 Å². The Morgan fingerprint density at radius 2 is 2.56 bits per heavy atom. The van der Waals surface area contributed by atoms with Crippen molar-refractivity contribution in [3.8, 4) is 5.97 Å². The molecule has 0 radical (unpaired) electrons. The van der Waals surface area contributed by atoms with Crippen LogP contribution in [0.4, 0.5) is 0 Å². The normalized spacial score (nSPS) is 11.6. The number of hydrogen-bond acceptors (Lipinski definition) is 3. The standard InChI is InChI=1S/C4H6BNO2S/c6-2-5-3(1-9)4(7)8/h3,5,9H,1H2,(H,7,8)/t3-/m1/s1. The van der Waals surface area contributed by atoms with Crippen molar-refractivity contribution in [2.75, 3.05) is 5.75 Å². The van der Waals surface area contributed by atoms with E-state index in [1.165, 1.54) is 0 Å². The van der Waals surface area contributed by atoms with Crippen LogP contribution in [0.25, 0.3) is 0 Å². The van der Waals surface area contributed by atoms with Crippen molar-refractivity contribution in [3.63, 3.8) is 0 Å². The average Bonchev–Trinajstić information content (AvgIpc) is 1.82. The number of carbonyl (C=O) groups is 1. The Balaban J connectivity index is 3.71. The molecule has 3 nitrogen and oxygen atoms in total. The Morgan fingerprint density at radius 1 is 2.00 bits per heavy atom. The number of nitrogens with zero attached hydrogens (tertiary/aromatic N) is 1. The summed E-state index contributed by atoms with van der Waals surface area (Å²) in [4.78, 5) is 10.1. The van der Waals surface area contributed by atoms with Gasteiger partial charge in [-0.2, -0.15) is 12.6 Å². The molecule has 0 bridgehead atoms. The fourth-order valence-corrected chi connectivity index (χ4v) is 0.625. The van der Waals surface area contributed by atoms with Crippen molar-refractivity contribution in [3.05, 3.63) is 0 Å². The van der Waals surface area contributed by atoms with Crippen molar-refractivity contribution < 1.29 is 9.90 Å². The molecule has 0 aromatic rings. The molecule has 0 unspecified atom stereocenters. The molecule has 0 aliphatic carbocycles. The average molecular weight is 143 g/mol. The van der Waals surface area contributed by atoms with Crippen LogP contribution in [0.1, 0.15) is 0 Å². The first-order valence-electron chi connectivity index (χ1n) is 2.43. The summed E-state index contributed by atoms with van der Waals surface area (Å²) in [6.45, 7) is 0. The Labute approximate surface area is 59.3 Å². The summed E-state index contributed by atoms with van der Waals surface area (Å²) in [5, 5.41) is 16.4. The number of thiol groups is 1. The molecular formula is C4H6BNO2S. The molecule has 0 fully saturated rings. The zero-order valence-corrected chi connectivity index (χ0v) is 5.64. The summed E-state index contributed by atoms with van der Waals surface area (Å²) in [6, 6.07) is 0. The maximum Gasteiger partial charge on any atom is 0.300 e. The second-order valence-corrected chi connectivity index (χ2v) is 1.95. The third kappa shape index (κ3) is 3.04. The highest BCUT2D eigenvalue weighted by Gasteiger charge is 2.15. The van der Waals surface area contributed by atoms with Crippen molar-refractivity contribution in [1.29, 1.82) is 5.26 Å². The van der Waals surface area contributed by atoms with Crippen LogP contribution in [0.2, 0.25) is 5.82 Å². The fraction of sp³-hybridized carbons (Fsp3) is 0.500. The van der Waals surface area contributed by atoms with Gasteiger partial charge in [-0.1, -0.05) is 0 Å². The van der Waals surface area contributed by atoms with Gasteiger partial charge in [-0.25, -0.2) is 5.26 Å². The van der Waals surface area contributed by atoms with E-state index in [0.29, 0.717) is 0 Å². The molecule has 0 rings (SSSR count). The van der Waals surface area contributed by atoms with E-state index in [0.717, 1.165) is 0 Å². The first-order chi connectivity index (χ1) is 4.22. The topological polar surface area (TPSA) is 61.1 Å². The van der Waals surface area contributed by atoms with E-state index in [4.69, 9.17) is 10.4 Å². The smallest absolute Gasteiger partial charge is 0.300 e. The molecule has 48 valence electrons. The lowest BCUT2D eigenvalue weighted by Gasteiger charge is -1.98. The Kier molecular flexibility index (Phi) is 3.98. The molecule has 0 saturated carbocycles. The van der Waals surface area contributed by atoms with Gasteiger partial charge in [0.05, 0.1) is 5.82 Å². The molecule has 0 aromatic heterocycles. The highest BCUT2D eigenvalue weighted by Crippen LogP contribution is 2.03. The minimum atomic E-state index is -0.952. The first kappa shape index (κ1) is 8.37. The van der Waals surface area contributed by atoms with Crippen LogP contribution in [-0.2, 0) is 4.79 Å². The molecule has 0 saturated heterocycles. The number of nitriles is 1. The highest BCUT2D eigenvalue weighted by atomic mass is 32.1. The molecule has 1 N–H and O–H groups in total. The van der Waals surface area contributed by atoms with Gasteiger partial charge in [-0.3, -0.25) is 4.79 Å². The molecule has 0 amide bonds. The predicted octanol–water partition coefficient (Wildman–Crippen LogP) is -0.293. The second kappa shape index (κ2) is 4.27. The van der Waals surface area contributed by atoms with E-state index in [1.54, 1.807) is 5.97 Å². The summed E-state index contributed by atoms with van der Waals surface area (Å²) in [5.74, 6) is 0.430. The van der Waals surface area contributed by atoms with Crippen molar-refractivity contribution in [1.82, 2.24) is 0 Å². The summed E-state index contributed by atoms with van der Waals surface area (Å²) < 4.78 is 0. The molecular weight excluding hydrogens is 137 g/mol. The van der Waals surface area contributed by atoms with Gasteiger partial charge in [0, 0.05) is 0 Å². The van der Waals surface area contributed by atoms with Gasteiger partial charge in [-0.15, -0.1) is 0 Å². The van der Waals surface area contributed by atoms with Gasteiger partial charge in [-0.05, 0) is 11.7 Å². The van der Waals surface area contributed by atoms with Crippen LogP contribution in [0.3, 0.4) is 0 Å². The lowest BCUT2D eigenvalue weighted by molar-refractivity contribution is -0.136. The Morgan fingerprint density at radius 3 is 2.67 bits per heavy atom. The second-order valence-electron chi connectivity index (χ2n) is 1.58. The lowest BCUT2D eigenvalue weighted by Crippen LogP contribution is -2.14. The summed E-state index contributed by atoms with van der Waals surface area (Å²) in [7, 11) is 0.0405. The van der Waals surface area contributed by atoms with Crippen LogP contribution in [0.15, 0.2) is 0 Å². The molecule has 0 aromatic carbocycles. The number of carboxylic acid groups (broad SMARTS) is 1. The van der Waals surface area contributed by atoms with Gasteiger partial charge < -0.3 is 5.11 Å². The zero-order valence-electron chi connectivity index (χ0n) is 4.74. The molecule has 0 aliphatic heterocycles. The van der Waals surface area contributed by atoms with E-state index in [-0.39, 0.29) is 13.0 Å². The Hall–Kier alpha value is -0.625. The zero-order chi connectivity index (χ0) is 7.28. The number of rotatable bonds is 3. The fourth-order valence-electron chi connectivity index (χ4n) is 0.340. The summed E-state index contributed by atoms with van der Waals surface area (Å²) in [6.07, 6.45) is 0. The van der Waals surface area contributed by atoms with E-state index in [9.17, 15) is 4.79 Å². The van der Waals surface area contributed by atoms with Gasteiger partial charge in [0.25, 0.3) is 7.28 Å². The number of aliphatic carboxylic acids is 1. The van der Waals surface area contributed by atoms with Crippen molar-refractivity contribution in [2.24, 2.45) is 0 Å². The largest absolute Gasteiger partial charge is 0.481 e. The molecule has 0 aliphatic rings. The van der Waals surface area contributed by atoms with Gasteiger partial charge >= 0.3 is 5.97 Å². The molecule has 0 heterocycles. The first-order valence-corrected chi connectivity index (χ1v) is 3.06. The number of hydrogen-bond donors (Lipinski definition) is 2. The molecule has 5 heteroatoms. The van der Waals surface area contributed by atoms with Crippen LogP contribution in [0, 0.1) is 11.2 Å². The van der Waals surface area contributed by atoms with Crippen LogP contribution >= 0.6 is 12.6 Å². The van der Waals surface area contributed by atoms with Gasteiger partial charge in [0.1, 0.15) is 0 Å². The molecule has 9 heavy (non-hydrogen) atoms. The molecule has 0 spiro atoms. The van der Waals surface area contributed by atoms with Crippen molar-refractivity contribution >= 4 is 25.9 Å². The van der Waals surface area contributed by atoms with Crippen molar-refractivity contribution in [2.45, 2.75) is 5.82 Å². The predicted molar refractivity (Wildman–Crippen MR) is 38.0 cm³/mol. The molecule has 1 atom stereocenters. The van der Waals surface area contributed by atoms with E-state index < -0.39 is 11.8 Å². The maximum atomic E-state index is 10.1. The third-order valence-electron chi connectivity index (χ3n) is 0.907. The quantitative estimate of drug-likeness (QED) is 0.421. The lowest BCUT2D eigenvalue weighted by atomic mass is 9.67. The van der Waals surface area contributed by atoms with Crippen LogP contribution in [0.5, 0.6) is 0 Å². The monoisotopic (exact) mass is 143 g/mol. The minimum absolute atomic E-state index is 0.0405. The number of carboxylic acids is 1. The maximum absolute atomic E-state index is 10.1.